The topological polar surface area (TPSA) is 58.5 Å². The molecule has 4 nitrogen and oxygen atoms in total. The largest absolute Gasteiger partial charge is 0.326 e. The van der Waals surface area contributed by atoms with Crippen molar-refractivity contribution >= 4 is 23.7 Å². The van der Waals surface area contributed by atoms with Crippen molar-refractivity contribution in [2.75, 3.05) is 5.32 Å². The maximum Gasteiger partial charge on any atom is 0.246 e. The molecule has 0 bridgehead atoms. The Morgan fingerprint density at radius 1 is 0.905 bits per heavy atom. The predicted molar refractivity (Wildman–Crippen MR) is 83.3 cm³/mol. The molecule has 2 aromatic rings. The van der Waals surface area contributed by atoms with Gasteiger partial charge in [-0.2, -0.15) is 0 Å². The minimum Gasteiger partial charge on any atom is -0.326 e. The smallest absolute Gasteiger partial charge is 0.246 e. The molecular weight excluding hydrogens is 264 g/mol. The number of carbonyl (C=O) groups excluding carboxylic acids is 2. The third kappa shape index (κ3) is 5.40. The van der Waals surface area contributed by atoms with Crippen LogP contribution in [0, 0.1) is 0 Å². The molecule has 0 radical (unpaired) electrons. The molecule has 2 rings (SSSR count). The molecule has 0 unspecified atom stereocenters. The number of hydrogen-bond acceptors (Lipinski definition) is 2. The van der Waals surface area contributed by atoms with Crippen molar-refractivity contribution in [1.29, 1.82) is 0 Å². The van der Waals surface area contributed by atoms with E-state index in [1.54, 1.807) is 12.1 Å². The summed E-state index contributed by atoms with van der Waals surface area (Å²) in [5, 5.41) is 2.73. The SMILES string of the molecule is O=C(CCC(=O)Nc1ccccc1)N=Cc1ccccc1. The number of benzene rings is 2. The molecule has 0 fully saturated rings. The molecule has 0 spiro atoms. The minimum atomic E-state index is -0.304. The van der Waals surface area contributed by atoms with Gasteiger partial charge in [-0.1, -0.05) is 48.5 Å². The van der Waals surface area contributed by atoms with Crippen LogP contribution in [0.25, 0.3) is 0 Å². The maximum absolute atomic E-state index is 11.7. The van der Waals surface area contributed by atoms with Gasteiger partial charge in [-0.3, -0.25) is 9.59 Å². The summed E-state index contributed by atoms with van der Waals surface area (Å²) in [4.78, 5) is 27.1. The van der Waals surface area contributed by atoms with E-state index in [1.807, 2.05) is 48.5 Å². The fourth-order valence-corrected chi connectivity index (χ4v) is 1.72. The highest BCUT2D eigenvalue weighted by Crippen LogP contribution is 2.06. The number of aliphatic imine (C=N–C) groups is 1. The Morgan fingerprint density at radius 2 is 1.52 bits per heavy atom. The highest BCUT2D eigenvalue weighted by Gasteiger charge is 2.05. The normalized spacial score (nSPS) is 10.5. The molecule has 0 aliphatic rings. The standard InChI is InChI=1S/C17H16N2O2/c20-16(18-13-14-7-3-1-4-8-14)11-12-17(21)19-15-9-5-2-6-10-15/h1-10,13H,11-12H2,(H,19,21). The Labute approximate surface area is 123 Å². The lowest BCUT2D eigenvalue weighted by Crippen LogP contribution is -2.12. The van der Waals surface area contributed by atoms with Crippen LogP contribution in [0.3, 0.4) is 0 Å². The van der Waals surface area contributed by atoms with Crippen LogP contribution >= 0.6 is 0 Å². The predicted octanol–water partition coefficient (Wildman–Crippen LogP) is 3.05. The second kappa shape index (κ2) is 7.75. The van der Waals surface area contributed by atoms with Crippen LogP contribution in [-0.2, 0) is 9.59 Å². The monoisotopic (exact) mass is 280 g/mol. The van der Waals surface area contributed by atoms with E-state index < -0.39 is 0 Å². The van der Waals surface area contributed by atoms with Crippen molar-refractivity contribution < 1.29 is 9.59 Å². The van der Waals surface area contributed by atoms with Crippen LogP contribution in [0.15, 0.2) is 65.7 Å². The van der Waals surface area contributed by atoms with Gasteiger partial charge in [0.1, 0.15) is 0 Å². The Hall–Kier alpha value is -2.75. The lowest BCUT2D eigenvalue weighted by Gasteiger charge is -2.03. The average Bonchev–Trinajstić information content (AvgIpc) is 2.53. The molecule has 0 aromatic heterocycles. The number of amides is 2. The summed E-state index contributed by atoms with van der Waals surface area (Å²) in [6, 6.07) is 18.5. The number of carbonyl (C=O) groups is 2. The Kier molecular flexibility index (Phi) is 5.41. The van der Waals surface area contributed by atoms with Crippen LogP contribution in [0.1, 0.15) is 18.4 Å². The van der Waals surface area contributed by atoms with E-state index in [4.69, 9.17) is 0 Å². The lowest BCUT2D eigenvalue weighted by molar-refractivity contribution is -0.122. The molecule has 0 aliphatic heterocycles. The van der Waals surface area contributed by atoms with Gasteiger partial charge in [-0.15, -0.1) is 0 Å². The molecule has 0 saturated heterocycles. The molecule has 0 heterocycles. The number of nitrogens with zero attached hydrogens (tertiary/aromatic N) is 1. The molecule has 4 heteroatoms. The summed E-state index contributed by atoms with van der Waals surface area (Å²) in [5.74, 6) is -0.494. The minimum absolute atomic E-state index is 0.0992. The van der Waals surface area contributed by atoms with Gasteiger partial charge in [0.25, 0.3) is 0 Å². The summed E-state index contributed by atoms with van der Waals surface area (Å²) < 4.78 is 0. The third-order valence-corrected chi connectivity index (χ3v) is 2.78. The average molecular weight is 280 g/mol. The van der Waals surface area contributed by atoms with Gasteiger partial charge in [0.05, 0.1) is 0 Å². The fourth-order valence-electron chi connectivity index (χ4n) is 1.72. The van der Waals surface area contributed by atoms with Gasteiger partial charge in [0.2, 0.25) is 11.8 Å². The van der Waals surface area contributed by atoms with E-state index in [0.717, 1.165) is 11.3 Å². The molecule has 0 saturated carbocycles. The fraction of sp³-hybridized carbons (Fsp3) is 0.118. The highest BCUT2D eigenvalue weighted by molar-refractivity contribution is 5.96. The number of nitrogens with one attached hydrogen (secondary N) is 1. The summed E-state index contributed by atoms with van der Waals surface area (Å²) in [5.41, 5.74) is 1.59. The van der Waals surface area contributed by atoms with Gasteiger partial charge in [-0.05, 0) is 17.7 Å². The van der Waals surface area contributed by atoms with E-state index in [1.165, 1.54) is 6.21 Å². The van der Waals surface area contributed by atoms with Crippen molar-refractivity contribution in [2.45, 2.75) is 12.8 Å². The zero-order chi connectivity index (χ0) is 14.9. The van der Waals surface area contributed by atoms with Crippen LogP contribution in [0.2, 0.25) is 0 Å². The van der Waals surface area contributed by atoms with Crippen LogP contribution in [0.4, 0.5) is 5.69 Å². The zero-order valence-corrected chi connectivity index (χ0v) is 11.5. The second-order valence-electron chi connectivity index (χ2n) is 4.48. The van der Waals surface area contributed by atoms with Crippen LogP contribution in [0.5, 0.6) is 0 Å². The molecule has 1 N–H and O–H groups in total. The molecule has 2 amide bonds. The molecule has 106 valence electrons. The third-order valence-electron chi connectivity index (χ3n) is 2.78. The van der Waals surface area contributed by atoms with Crippen molar-refractivity contribution in [2.24, 2.45) is 4.99 Å². The van der Waals surface area contributed by atoms with Gasteiger partial charge in [-0.25, -0.2) is 4.99 Å². The quantitative estimate of drug-likeness (QED) is 0.856. The molecular formula is C17H16N2O2. The Balaban J connectivity index is 1.76. The molecule has 21 heavy (non-hydrogen) atoms. The Bertz CT molecular complexity index is 622. The van der Waals surface area contributed by atoms with E-state index in [-0.39, 0.29) is 24.7 Å². The Morgan fingerprint density at radius 3 is 2.19 bits per heavy atom. The number of hydrogen-bond donors (Lipinski definition) is 1. The first-order valence-electron chi connectivity index (χ1n) is 6.71. The molecule has 0 atom stereocenters. The summed E-state index contributed by atoms with van der Waals surface area (Å²) in [6.45, 7) is 0. The van der Waals surface area contributed by atoms with E-state index in [2.05, 4.69) is 10.3 Å². The second-order valence-corrected chi connectivity index (χ2v) is 4.48. The molecule has 0 aliphatic carbocycles. The zero-order valence-electron chi connectivity index (χ0n) is 11.5. The van der Waals surface area contributed by atoms with Gasteiger partial charge < -0.3 is 5.32 Å². The van der Waals surface area contributed by atoms with Crippen molar-refractivity contribution in [1.82, 2.24) is 0 Å². The van der Waals surface area contributed by atoms with Gasteiger partial charge >= 0.3 is 0 Å². The first kappa shape index (κ1) is 14.7. The maximum atomic E-state index is 11.7. The first-order chi connectivity index (χ1) is 10.2. The van der Waals surface area contributed by atoms with Crippen molar-refractivity contribution in [3.05, 3.63) is 66.2 Å². The number of rotatable bonds is 5. The lowest BCUT2D eigenvalue weighted by atomic mass is 10.2. The van der Waals surface area contributed by atoms with Crippen molar-refractivity contribution in [3.8, 4) is 0 Å². The first-order valence-corrected chi connectivity index (χ1v) is 6.71. The van der Waals surface area contributed by atoms with Crippen molar-refractivity contribution in [3.63, 3.8) is 0 Å². The molecule has 2 aromatic carbocycles. The van der Waals surface area contributed by atoms with E-state index in [9.17, 15) is 9.59 Å². The van der Waals surface area contributed by atoms with Gasteiger partial charge in [0.15, 0.2) is 0 Å². The van der Waals surface area contributed by atoms with E-state index >= 15 is 0 Å². The number of anilines is 1. The summed E-state index contributed by atoms with van der Waals surface area (Å²) in [6.07, 6.45) is 1.74. The summed E-state index contributed by atoms with van der Waals surface area (Å²) >= 11 is 0. The van der Waals surface area contributed by atoms with Gasteiger partial charge in [0, 0.05) is 24.7 Å². The highest BCUT2D eigenvalue weighted by atomic mass is 16.2. The summed E-state index contributed by atoms with van der Waals surface area (Å²) in [7, 11) is 0. The van der Waals surface area contributed by atoms with E-state index in [0.29, 0.717) is 0 Å². The van der Waals surface area contributed by atoms with Crippen LogP contribution in [-0.4, -0.2) is 18.0 Å². The van der Waals surface area contributed by atoms with Crippen LogP contribution < -0.4 is 5.32 Å². The number of para-hydroxylation sites is 1.